The first-order chi connectivity index (χ1) is 12.6. The largest absolute Gasteiger partial charge is 0.462 e. The lowest BCUT2D eigenvalue weighted by atomic mass is 9.98. The normalized spacial score (nSPS) is 19.2. The maximum absolute atomic E-state index is 12.0. The number of carbonyl (C=O) groups excluding carboxylic acids is 3. The van der Waals surface area contributed by atoms with Gasteiger partial charge in [-0.1, -0.05) is 36.4 Å². The third kappa shape index (κ3) is 4.57. The Kier molecular flexibility index (Phi) is 5.79. The second-order valence-electron chi connectivity index (χ2n) is 6.40. The fourth-order valence-corrected chi connectivity index (χ4v) is 3.07. The average Bonchev–Trinajstić information content (AvgIpc) is 3.05. The van der Waals surface area contributed by atoms with Crippen LogP contribution in [0, 0.1) is 11.8 Å². The molecule has 0 aromatic heterocycles. The molecule has 0 heterocycles. The molecule has 5 nitrogen and oxygen atoms in total. The highest BCUT2D eigenvalue weighted by Gasteiger charge is 2.35. The van der Waals surface area contributed by atoms with Crippen molar-refractivity contribution in [3.8, 4) is 0 Å². The van der Waals surface area contributed by atoms with Gasteiger partial charge in [0.1, 0.15) is 5.78 Å². The van der Waals surface area contributed by atoms with Gasteiger partial charge in [-0.3, -0.25) is 4.79 Å². The summed E-state index contributed by atoms with van der Waals surface area (Å²) in [5.74, 6) is -0.973. The van der Waals surface area contributed by atoms with Crippen molar-refractivity contribution in [1.29, 1.82) is 0 Å². The standard InChI is InChI=1S/C21H20O5/c22-19-11-17(13-25-20(23)15-7-3-1-4-8-15)18(12-19)14-26-21(24)16-9-5-2-6-10-16/h1-10,17-18H,11-14H2/t17-,18-/m1/s1. The van der Waals surface area contributed by atoms with E-state index in [1.165, 1.54) is 0 Å². The molecule has 134 valence electrons. The Morgan fingerprint density at radius 3 is 1.50 bits per heavy atom. The number of ether oxygens (including phenoxy) is 2. The number of ketones is 1. The summed E-state index contributed by atoms with van der Waals surface area (Å²) in [6.07, 6.45) is 0.686. The highest BCUT2D eigenvalue weighted by Crippen LogP contribution is 2.30. The summed E-state index contributed by atoms with van der Waals surface area (Å²) in [7, 11) is 0. The molecule has 5 heteroatoms. The van der Waals surface area contributed by atoms with Crippen LogP contribution in [0.4, 0.5) is 0 Å². The molecule has 0 N–H and O–H groups in total. The Balaban J connectivity index is 1.52. The number of carbonyl (C=O) groups is 3. The predicted octanol–water partition coefficient (Wildman–Crippen LogP) is 3.30. The van der Waals surface area contributed by atoms with Crippen molar-refractivity contribution in [3.63, 3.8) is 0 Å². The Morgan fingerprint density at radius 2 is 1.12 bits per heavy atom. The van der Waals surface area contributed by atoms with Crippen molar-refractivity contribution >= 4 is 17.7 Å². The molecule has 1 fully saturated rings. The van der Waals surface area contributed by atoms with Crippen LogP contribution in [0.15, 0.2) is 60.7 Å². The van der Waals surface area contributed by atoms with Crippen LogP contribution in [0.25, 0.3) is 0 Å². The molecule has 2 atom stereocenters. The van der Waals surface area contributed by atoms with E-state index < -0.39 is 11.9 Å². The van der Waals surface area contributed by atoms with Crippen molar-refractivity contribution < 1.29 is 23.9 Å². The minimum absolute atomic E-state index is 0.103. The Hall–Kier alpha value is -2.95. The molecule has 0 spiro atoms. The molecule has 0 aliphatic heterocycles. The molecule has 0 radical (unpaired) electrons. The van der Waals surface area contributed by atoms with Crippen LogP contribution in [0.3, 0.4) is 0 Å². The smallest absolute Gasteiger partial charge is 0.338 e. The lowest BCUT2D eigenvalue weighted by molar-refractivity contribution is -0.117. The topological polar surface area (TPSA) is 69.7 Å². The van der Waals surface area contributed by atoms with Crippen molar-refractivity contribution in [3.05, 3.63) is 71.8 Å². The SMILES string of the molecule is O=C1C[C@H](COC(=O)c2ccccc2)[C@@H](COC(=O)c2ccccc2)C1. The van der Waals surface area contributed by atoms with E-state index >= 15 is 0 Å². The molecule has 2 aromatic rings. The number of benzene rings is 2. The third-order valence-electron chi connectivity index (χ3n) is 4.52. The highest BCUT2D eigenvalue weighted by atomic mass is 16.5. The highest BCUT2D eigenvalue weighted by molar-refractivity contribution is 5.90. The first-order valence-corrected chi connectivity index (χ1v) is 8.59. The zero-order chi connectivity index (χ0) is 18.4. The fraction of sp³-hybridized carbons (Fsp3) is 0.286. The minimum Gasteiger partial charge on any atom is -0.462 e. The van der Waals surface area contributed by atoms with Gasteiger partial charge in [0.25, 0.3) is 0 Å². The van der Waals surface area contributed by atoms with Gasteiger partial charge in [-0.15, -0.1) is 0 Å². The van der Waals surface area contributed by atoms with Gasteiger partial charge in [0.15, 0.2) is 0 Å². The number of hydrogen-bond donors (Lipinski definition) is 0. The van der Waals surface area contributed by atoms with Gasteiger partial charge in [0.2, 0.25) is 0 Å². The van der Waals surface area contributed by atoms with E-state index in [0.717, 1.165) is 0 Å². The Morgan fingerprint density at radius 1 is 0.731 bits per heavy atom. The molecule has 1 aliphatic carbocycles. The van der Waals surface area contributed by atoms with Crippen molar-refractivity contribution in [2.45, 2.75) is 12.8 Å². The van der Waals surface area contributed by atoms with E-state index in [0.29, 0.717) is 24.0 Å². The lowest BCUT2D eigenvalue weighted by Crippen LogP contribution is -2.22. The van der Waals surface area contributed by atoms with Crippen LogP contribution in [-0.4, -0.2) is 30.9 Å². The molecule has 3 rings (SSSR count). The summed E-state index contributed by atoms with van der Waals surface area (Å²) in [5.41, 5.74) is 0.952. The van der Waals surface area contributed by atoms with Gasteiger partial charge < -0.3 is 9.47 Å². The minimum atomic E-state index is -0.412. The molecule has 2 aromatic carbocycles. The van der Waals surface area contributed by atoms with Gasteiger partial charge in [-0.05, 0) is 24.3 Å². The van der Waals surface area contributed by atoms with Crippen LogP contribution < -0.4 is 0 Å². The zero-order valence-corrected chi connectivity index (χ0v) is 14.3. The first kappa shape index (κ1) is 17.9. The maximum Gasteiger partial charge on any atom is 0.338 e. The molecular weight excluding hydrogens is 332 g/mol. The van der Waals surface area contributed by atoms with Crippen LogP contribution >= 0.6 is 0 Å². The molecule has 0 saturated heterocycles. The van der Waals surface area contributed by atoms with Crippen molar-refractivity contribution in [2.24, 2.45) is 11.8 Å². The number of esters is 2. The predicted molar refractivity (Wildman–Crippen MR) is 94.7 cm³/mol. The van der Waals surface area contributed by atoms with E-state index in [-0.39, 0.29) is 30.8 Å². The van der Waals surface area contributed by atoms with Gasteiger partial charge >= 0.3 is 11.9 Å². The van der Waals surface area contributed by atoms with Gasteiger partial charge in [-0.2, -0.15) is 0 Å². The summed E-state index contributed by atoms with van der Waals surface area (Å²) < 4.78 is 10.7. The number of hydrogen-bond acceptors (Lipinski definition) is 5. The van der Waals surface area contributed by atoms with Gasteiger partial charge in [0.05, 0.1) is 24.3 Å². The monoisotopic (exact) mass is 352 g/mol. The lowest BCUT2D eigenvalue weighted by Gasteiger charge is -2.18. The summed E-state index contributed by atoms with van der Waals surface area (Å²) >= 11 is 0. The van der Waals surface area contributed by atoms with Crippen LogP contribution in [0.5, 0.6) is 0 Å². The van der Waals surface area contributed by atoms with Crippen molar-refractivity contribution in [1.82, 2.24) is 0 Å². The van der Waals surface area contributed by atoms with Crippen LogP contribution in [-0.2, 0) is 14.3 Å². The van der Waals surface area contributed by atoms with Crippen LogP contribution in [0.1, 0.15) is 33.6 Å². The molecule has 0 bridgehead atoms. The average molecular weight is 352 g/mol. The summed E-state index contributed by atoms with van der Waals surface area (Å²) in [4.78, 5) is 35.9. The van der Waals surface area contributed by atoms with E-state index in [2.05, 4.69) is 0 Å². The van der Waals surface area contributed by atoms with E-state index in [1.54, 1.807) is 48.5 Å². The fourth-order valence-electron chi connectivity index (χ4n) is 3.07. The maximum atomic E-state index is 12.0. The van der Waals surface area contributed by atoms with Gasteiger partial charge in [0, 0.05) is 24.7 Å². The Bertz CT molecular complexity index is 704. The Labute approximate surface area is 151 Å². The quantitative estimate of drug-likeness (QED) is 0.746. The summed E-state index contributed by atoms with van der Waals surface area (Å²) in [5, 5.41) is 0. The van der Waals surface area contributed by atoms with E-state index in [4.69, 9.17) is 9.47 Å². The second kappa shape index (κ2) is 8.43. The summed E-state index contributed by atoms with van der Waals surface area (Å²) in [6, 6.07) is 17.4. The zero-order valence-electron chi connectivity index (χ0n) is 14.3. The molecule has 0 unspecified atom stereocenters. The molecular formula is C21H20O5. The first-order valence-electron chi connectivity index (χ1n) is 8.59. The second-order valence-corrected chi connectivity index (χ2v) is 6.40. The van der Waals surface area contributed by atoms with E-state index in [9.17, 15) is 14.4 Å². The summed E-state index contributed by atoms with van der Waals surface area (Å²) in [6.45, 7) is 0.292. The van der Waals surface area contributed by atoms with Crippen molar-refractivity contribution in [2.75, 3.05) is 13.2 Å². The molecule has 1 saturated carbocycles. The van der Waals surface area contributed by atoms with E-state index in [1.807, 2.05) is 12.1 Å². The number of rotatable bonds is 6. The van der Waals surface area contributed by atoms with Gasteiger partial charge in [-0.25, -0.2) is 9.59 Å². The van der Waals surface area contributed by atoms with Crippen LogP contribution in [0.2, 0.25) is 0 Å². The number of Topliss-reactive ketones (excluding diaryl/α,β-unsaturated/α-hetero) is 1. The third-order valence-corrected chi connectivity index (χ3v) is 4.52. The molecule has 0 amide bonds. The molecule has 26 heavy (non-hydrogen) atoms. The molecule has 1 aliphatic rings.